The van der Waals surface area contributed by atoms with Crippen LogP contribution in [-0.2, 0) is 5.75 Å². The van der Waals surface area contributed by atoms with Gasteiger partial charge < -0.3 is 0 Å². The Bertz CT molecular complexity index is 591. The van der Waals surface area contributed by atoms with Crippen molar-refractivity contribution >= 4 is 35.0 Å². The van der Waals surface area contributed by atoms with Crippen LogP contribution in [0.3, 0.4) is 0 Å². The summed E-state index contributed by atoms with van der Waals surface area (Å²) in [4.78, 5) is 8.78. The number of nitrogens with zero attached hydrogens (tertiary/aromatic N) is 2. The molecule has 1 heterocycles. The van der Waals surface area contributed by atoms with Crippen LogP contribution >= 0.6 is 35.0 Å². The summed E-state index contributed by atoms with van der Waals surface area (Å²) in [6.45, 7) is 6.40. The minimum atomic E-state index is 0.415. The van der Waals surface area contributed by atoms with E-state index in [-0.39, 0.29) is 0 Å². The molecule has 2 rings (SSSR count). The summed E-state index contributed by atoms with van der Waals surface area (Å²) in [5.74, 6) is 1.41. The number of aromatic nitrogens is 2. The van der Waals surface area contributed by atoms with Crippen LogP contribution in [0.2, 0.25) is 10.3 Å². The maximum absolute atomic E-state index is 6.31. The van der Waals surface area contributed by atoms with Crippen LogP contribution in [0.1, 0.15) is 31.7 Å². The van der Waals surface area contributed by atoms with Gasteiger partial charge in [-0.05, 0) is 18.9 Å². The van der Waals surface area contributed by atoms with E-state index >= 15 is 0 Å². The molecule has 21 heavy (non-hydrogen) atoms. The molecule has 0 aliphatic carbocycles. The molecule has 1 aromatic carbocycles. The quantitative estimate of drug-likeness (QED) is 0.644. The van der Waals surface area contributed by atoms with Crippen LogP contribution in [0.5, 0.6) is 0 Å². The van der Waals surface area contributed by atoms with Crippen LogP contribution < -0.4 is 0 Å². The molecule has 1 atom stereocenters. The lowest BCUT2D eigenvalue weighted by atomic mass is 10.1. The third kappa shape index (κ3) is 4.35. The number of hydrogen-bond acceptors (Lipinski definition) is 3. The average molecular weight is 341 g/mol. The Morgan fingerprint density at radius 2 is 1.67 bits per heavy atom. The molecular formula is C16H18Cl2N2S. The van der Waals surface area contributed by atoms with Gasteiger partial charge in [0.15, 0.2) is 0 Å². The molecule has 0 bridgehead atoms. The summed E-state index contributed by atoms with van der Waals surface area (Å²) in [5.41, 5.74) is 2.83. The Labute approximate surface area is 140 Å². The fourth-order valence-corrected chi connectivity index (χ4v) is 3.25. The van der Waals surface area contributed by atoms with Crippen molar-refractivity contribution in [1.29, 1.82) is 0 Å². The van der Waals surface area contributed by atoms with Crippen molar-refractivity contribution in [2.45, 2.75) is 38.2 Å². The highest BCUT2D eigenvalue weighted by molar-refractivity contribution is 7.99. The van der Waals surface area contributed by atoms with Gasteiger partial charge in [-0.1, -0.05) is 66.9 Å². The van der Waals surface area contributed by atoms with E-state index in [1.807, 2.05) is 43.0 Å². The fraction of sp³-hybridized carbons (Fsp3) is 0.375. The smallest absolute Gasteiger partial charge is 0.142 e. The molecule has 2 aromatic rings. The summed E-state index contributed by atoms with van der Waals surface area (Å²) in [6.07, 6.45) is 1.12. The first-order chi connectivity index (χ1) is 10.0. The van der Waals surface area contributed by atoms with E-state index < -0.39 is 0 Å². The van der Waals surface area contributed by atoms with Crippen molar-refractivity contribution in [3.8, 4) is 11.1 Å². The van der Waals surface area contributed by atoms with Gasteiger partial charge in [0.05, 0.1) is 11.3 Å². The van der Waals surface area contributed by atoms with E-state index in [0.29, 0.717) is 26.9 Å². The monoisotopic (exact) mass is 340 g/mol. The number of rotatable bonds is 5. The molecule has 5 heteroatoms. The molecule has 0 fully saturated rings. The number of thioether (sulfide) groups is 1. The van der Waals surface area contributed by atoms with Crippen LogP contribution in [-0.4, -0.2) is 15.2 Å². The van der Waals surface area contributed by atoms with Crippen molar-refractivity contribution in [3.05, 3.63) is 46.0 Å². The largest absolute Gasteiger partial charge is 0.220 e. The second-order valence-corrected chi connectivity index (χ2v) is 7.14. The van der Waals surface area contributed by atoms with Crippen molar-refractivity contribution in [2.75, 3.05) is 0 Å². The third-order valence-electron chi connectivity index (χ3n) is 3.28. The van der Waals surface area contributed by atoms with Crippen LogP contribution in [0.15, 0.2) is 24.3 Å². The topological polar surface area (TPSA) is 25.8 Å². The molecule has 0 N–H and O–H groups in total. The second kappa shape index (κ2) is 7.48. The predicted octanol–water partition coefficient (Wildman–Crippen LogP) is 5.79. The standard InChI is InChI=1S/C16H18Cl2N2S/c1-4-11(3)21-9-13-19-15(17)14(16(18)20-13)12-7-5-10(2)6-8-12/h5-8,11H,4,9H2,1-3H3. The molecule has 0 spiro atoms. The lowest BCUT2D eigenvalue weighted by molar-refractivity contribution is 0.901. The van der Waals surface area contributed by atoms with Gasteiger partial charge in [0, 0.05) is 5.25 Å². The maximum atomic E-state index is 6.31. The van der Waals surface area contributed by atoms with Gasteiger partial charge in [0.1, 0.15) is 16.1 Å². The van der Waals surface area contributed by atoms with E-state index in [4.69, 9.17) is 23.2 Å². The first kappa shape index (κ1) is 16.6. The Morgan fingerprint density at radius 3 is 2.19 bits per heavy atom. The van der Waals surface area contributed by atoms with Crippen molar-refractivity contribution < 1.29 is 0 Å². The first-order valence-electron chi connectivity index (χ1n) is 6.91. The van der Waals surface area contributed by atoms with E-state index in [1.54, 1.807) is 0 Å². The van der Waals surface area contributed by atoms with Gasteiger partial charge in [-0.2, -0.15) is 11.8 Å². The van der Waals surface area contributed by atoms with Gasteiger partial charge in [0.2, 0.25) is 0 Å². The lowest BCUT2D eigenvalue weighted by Crippen LogP contribution is -2.00. The van der Waals surface area contributed by atoms with Gasteiger partial charge in [-0.3, -0.25) is 0 Å². The number of halogens is 2. The first-order valence-corrected chi connectivity index (χ1v) is 8.72. The SMILES string of the molecule is CCC(C)SCc1nc(Cl)c(-c2ccc(C)cc2)c(Cl)n1. The Hall–Kier alpha value is -0.770. The second-order valence-electron chi connectivity index (χ2n) is 4.99. The molecule has 112 valence electrons. The normalized spacial score (nSPS) is 12.4. The third-order valence-corrected chi connectivity index (χ3v) is 5.15. The van der Waals surface area contributed by atoms with Gasteiger partial charge in [-0.25, -0.2) is 9.97 Å². The number of benzene rings is 1. The average Bonchev–Trinajstić information content (AvgIpc) is 2.46. The van der Waals surface area contributed by atoms with E-state index in [1.165, 1.54) is 5.56 Å². The minimum Gasteiger partial charge on any atom is -0.220 e. The van der Waals surface area contributed by atoms with Crippen molar-refractivity contribution in [1.82, 2.24) is 9.97 Å². The predicted molar refractivity (Wildman–Crippen MR) is 93.3 cm³/mol. The molecule has 0 saturated heterocycles. The zero-order valence-corrected chi connectivity index (χ0v) is 14.7. The van der Waals surface area contributed by atoms with E-state index in [9.17, 15) is 0 Å². The van der Waals surface area contributed by atoms with Gasteiger partial charge in [0.25, 0.3) is 0 Å². The Balaban J connectivity index is 2.27. The lowest BCUT2D eigenvalue weighted by Gasteiger charge is -2.10. The molecular weight excluding hydrogens is 323 g/mol. The van der Waals surface area contributed by atoms with Gasteiger partial charge in [-0.15, -0.1) is 0 Å². The highest BCUT2D eigenvalue weighted by atomic mass is 35.5. The Kier molecular flexibility index (Phi) is 5.91. The Morgan fingerprint density at radius 1 is 1.10 bits per heavy atom. The summed E-state index contributed by atoms with van der Waals surface area (Å²) >= 11 is 14.4. The molecule has 0 amide bonds. The molecule has 0 saturated carbocycles. The van der Waals surface area contributed by atoms with Gasteiger partial charge >= 0.3 is 0 Å². The minimum absolute atomic E-state index is 0.415. The number of hydrogen-bond donors (Lipinski definition) is 0. The zero-order chi connectivity index (χ0) is 15.4. The summed E-state index contributed by atoms with van der Waals surface area (Å²) in [5, 5.41) is 1.40. The van der Waals surface area contributed by atoms with E-state index in [0.717, 1.165) is 17.7 Å². The number of aryl methyl sites for hydroxylation is 1. The molecule has 0 aliphatic rings. The maximum Gasteiger partial charge on any atom is 0.142 e. The molecule has 0 aliphatic heterocycles. The molecule has 1 unspecified atom stereocenters. The van der Waals surface area contributed by atoms with Crippen molar-refractivity contribution in [2.24, 2.45) is 0 Å². The summed E-state index contributed by atoms with van der Waals surface area (Å²) < 4.78 is 0. The highest BCUT2D eigenvalue weighted by Crippen LogP contribution is 2.33. The zero-order valence-electron chi connectivity index (χ0n) is 12.4. The van der Waals surface area contributed by atoms with E-state index in [2.05, 4.69) is 23.8 Å². The summed E-state index contributed by atoms with van der Waals surface area (Å²) in [7, 11) is 0. The highest BCUT2D eigenvalue weighted by Gasteiger charge is 2.14. The van der Waals surface area contributed by atoms with Crippen LogP contribution in [0.4, 0.5) is 0 Å². The molecule has 1 aromatic heterocycles. The van der Waals surface area contributed by atoms with Crippen molar-refractivity contribution in [3.63, 3.8) is 0 Å². The van der Waals surface area contributed by atoms with Crippen LogP contribution in [0, 0.1) is 6.92 Å². The fourth-order valence-electron chi connectivity index (χ4n) is 1.81. The summed E-state index contributed by atoms with van der Waals surface area (Å²) in [6, 6.07) is 8.02. The molecule has 0 radical (unpaired) electrons. The molecule has 2 nitrogen and oxygen atoms in total. The van der Waals surface area contributed by atoms with Crippen LogP contribution in [0.25, 0.3) is 11.1 Å².